The van der Waals surface area contributed by atoms with E-state index in [0.717, 1.165) is 5.75 Å². The maximum Gasteiger partial charge on any atom is 0.121 e. The van der Waals surface area contributed by atoms with Gasteiger partial charge < -0.3 is 4.74 Å². The summed E-state index contributed by atoms with van der Waals surface area (Å²) in [4.78, 5) is 0. The molecular formula is C16H13ClOS. The minimum atomic E-state index is 0.575. The molecule has 3 rings (SSSR count). The number of thiophene rings is 1. The molecule has 3 aromatic rings. The van der Waals surface area contributed by atoms with E-state index in [0.29, 0.717) is 11.6 Å². The summed E-state index contributed by atoms with van der Waals surface area (Å²) in [7, 11) is 0. The second-order valence-corrected chi connectivity index (χ2v) is 5.80. The van der Waals surface area contributed by atoms with Crippen molar-refractivity contribution in [3.05, 3.63) is 64.0 Å². The summed E-state index contributed by atoms with van der Waals surface area (Å²) in [6.07, 6.45) is 0. The topological polar surface area (TPSA) is 9.23 Å². The fraction of sp³-hybridized carbons (Fsp3) is 0.125. The Morgan fingerprint density at radius 1 is 1.16 bits per heavy atom. The average molecular weight is 289 g/mol. The third-order valence-electron chi connectivity index (χ3n) is 3.07. The largest absolute Gasteiger partial charge is 0.489 e. The summed E-state index contributed by atoms with van der Waals surface area (Å²) in [6, 6.07) is 13.9. The number of fused-ring (bicyclic) bond motifs is 1. The Morgan fingerprint density at radius 2 is 2.00 bits per heavy atom. The van der Waals surface area contributed by atoms with Crippen molar-refractivity contribution in [2.45, 2.75) is 13.5 Å². The van der Waals surface area contributed by atoms with Gasteiger partial charge in [-0.1, -0.05) is 29.8 Å². The number of benzene rings is 2. The molecular weight excluding hydrogens is 276 g/mol. The van der Waals surface area contributed by atoms with Crippen LogP contribution in [0.3, 0.4) is 0 Å². The molecule has 96 valence electrons. The van der Waals surface area contributed by atoms with Crippen LogP contribution >= 0.6 is 22.9 Å². The van der Waals surface area contributed by atoms with Crippen molar-refractivity contribution in [3.63, 3.8) is 0 Å². The summed E-state index contributed by atoms with van der Waals surface area (Å²) in [6.45, 7) is 2.71. The lowest BCUT2D eigenvalue weighted by Crippen LogP contribution is -1.94. The molecule has 0 fully saturated rings. The normalized spacial score (nSPS) is 10.8. The van der Waals surface area contributed by atoms with Crippen molar-refractivity contribution in [2.24, 2.45) is 0 Å². The maximum absolute atomic E-state index is 5.95. The van der Waals surface area contributed by atoms with Gasteiger partial charge in [-0.05, 0) is 42.1 Å². The van der Waals surface area contributed by atoms with Gasteiger partial charge in [-0.25, -0.2) is 0 Å². The lowest BCUT2D eigenvalue weighted by atomic mass is 10.1. The quantitative estimate of drug-likeness (QED) is 0.623. The zero-order valence-corrected chi connectivity index (χ0v) is 12.1. The van der Waals surface area contributed by atoms with Crippen LogP contribution in [-0.4, -0.2) is 0 Å². The Hall–Kier alpha value is -1.51. The second-order valence-electron chi connectivity index (χ2n) is 4.46. The molecule has 0 saturated carbocycles. The fourth-order valence-electron chi connectivity index (χ4n) is 2.17. The number of ether oxygens (including phenoxy) is 1. The van der Waals surface area contributed by atoms with Gasteiger partial charge in [0, 0.05) is 20.7 Å². The van der Waals surface area contributed by atoms with E-state index in [1.165, 1.54) is 21.2 Å². The van der Waals surface area contributed by atoms with E-state index in [1.54, 1.807) is 11.3 Å². The van der Waals surface area contributed by atoms with Gasteiger partial charge in [0.05, 0.1) is 0 Å². The fourth-order valence-corrected chi connectivity index (χ4v) is 3.37. The van der Waals surface area contributed by atoms with Crippen LogP contribution in [0.4, 0.5) is 0 Å². The highest BCUT2D eigenvalue weighted by molar-refractivity contribution is 7.17. The molecule has 3 heteroatoms. The zero-order valence-electron chi connectivity index (χ0n) is 10.5. The molecule has 0 bridgehead atoms. The Labute approximate surface area is 121 Å². The van der Waals surface area contributed by atoms with Crippen LogP contribution in [0.1, 0.15) is 11.1 Å². The van der Waals surface area contributed by atoms with Crippen LogP contribution in [-0.2, 0) is 6.61 Å². The molecule has 19 heavy (non-hydrogen) atoms. The Kier molecular flexibility index (Phi) is 3.45. The first kappa shape index (κ1) is 12.5. The molecule has 0 aliphatic rings. The molecule has 0 N–H and O–H groups in total. The van der Waals surface area contributed by atoms with Crippen LogP contribution in [0.5, 0.6) is 5.75 Å². The SMILES string of the molecule is Cc1cccc2scc(COc3cccc(Cl)c3)c12. The van der Waals surface area contributed by atoms with E-state index >= 15 is 0 Å². The monoisotopic (exact) mass is 288 g/mol. The van der Waals surface area contributed by atoms with E-state index in [1.807, 2.05) is 24.3 Å². The number of aryl methyl sites for hydroxylation is 1. The molecule has 0 atom stereocenters. The molecule has 0 aliphatic carbocycles. The van der Waals surface area contributed by atoms with Gasteiger partial charge in [-0.3, -0.25) is 0 Å². The van der Waals surface area contributed by atoms with E-state index in [4.69, 9.17) is 16.3 Å². The molecule has 0 amide bonds. The maximum atomic E-state index is 5.95. The average Bonchev–Trinajstić information content (AvgIpc) is 2.81. The first-order valence-corrected chi connectivity index (χ1v) is 7.34. The summed E-state index contributed by atoms with van der Waals surface area (Å²) in [5.41, 5.74) is 2.53. The van der Waals surface area contributed by atoms with Crippen LogP contribution in [0.25, 0.3) is 10.1 Å². The molecule has 0 aliphatic heterocycles. The van der Waals surface area contributed by atoms with Crippen molar-refractivity contribution in [3.8, 4) is 5.75 Å². The van der Waals surface area contributed by atoms with Gasteiger partial charge in [0.1, 0.15) is 12.4 Å². The second kappa shape index (κ2) is 5.24. The summed E-state index contributed by atoms with van der Waals surface area (Å²) in [5.74, 6) is 0.806. The third-order valence-corrected chi connectivity index (χ3v) is 4.31. The molecule has 2 aromatic carbocycles. The van der Waals surface area contributed by atoms with Gasteiger partial charge in [-0.15, -0.1) is 11.3 Å². The molecule has 0 radical (unpaired) electrons. The van der Waals surface area contributed by atoms with Gasteiger partial charge in [-0.2, -0.15) is 0 Å². The number of halogens is 1. The van der Waals surface area contributed by atoms with E-state index in [-0.39, 0.29) is 0 Å². The minimum absolute atomic E-state index is 0.575. The van der Waals surface area contributed by atoms with Crippen LogP contribution in [0.15, 0.2) is 47.8 Å². The van der Waals surface area contributed by atoms with Crippen molar-refractivity contribution < 1.29 is 4.74 Å². The first-order chi connectivity index (χ1) is 9.24. The molecule has 1 aromatic heterocycles. The van der Waals surface area contributed by atoms with Crippen LogP contribution < -0.4 is 4.74 Å². The molecule has 0 spiro atoms. The van der Waals surface area contributed by atoms with Crippen molar-refractivity contribution >= 4 is 33.0 Å². The Bertz CT molecular complexity index is 718. The van der Waals surface area contributed by atoms with Gasteiger partial charge in [0.25, 0.3) is 0 Å². The summed E-state index contributed by atoms with van der Waals surface area (Å²) in [5, 5.41) is 4.18. The lowest BCUT2D eigenvalue weighted by Gasteiger charge is -2.06. The third kappa shape index (κ3) is 2.60. The predicted octanol–water partition coefficient (Wildman–Crippen LogP) is 5.44. The van der Waals surface area contributed by atoms with Crippen LogP contribution in [0.2, 0.25) is 5.02 Å². The van der Waals surface area contributed by atoms with Crippen molar-refractivity contribution in [1.29, 1.82) is 0 Å². The smallest absolute Gasteiger partial charge is 0.121 e. The highest BCUT2D eigenvalue weighted by Crippen LogP contribution is 2.29. The number of hydrogen-bond donors (Lipinski definition) is 0. The minimum Gasteiger partial charge on any atom is -0.489 e. The highest BCUT2D eigenvalue weighted by Gasteiger charge is 2.07. The summed E-state index contributed by atoms with van der Waals surface area (Å²) >= 11 is 7.71. The van der Waals surface area contributed by atoms with Gasteiger partial charge in [0.15, 0.2) is 0 Å². The van der Waals surface area contributed by atoms with E-state index in [2.05, 4.69) is 30.5 Å². The molecule has 0 saturated heterocycles. The Balaban J connectivity index is 1.86. The highest BCUT2D eigenvalue weighted by atomic mass is 35.5. The standard InChI is InChI=1S/C16H13ClOS/c1-11-4-2-7-15-16(11)12(10-19-15)9-18-14-6-3-5-13(17)8-14/h2-8,10H,9H2,1H3. The van der Waals surface area contributed by atoms with Gasteiger partial charge in [0.2, 0.25) is 0 Å². The Morgan fingerprint density at radius 3 is 2.84 bits per heavy atom. The van der Waals surface area contributed by atoms with Crippen molar-refractivity contribution in [1.82, 2.24) is 0 Å². The van der Waals surface area contributed by atoms with Crippen LogP contribution in [0, 0.1) is 6.92 Å². The molecule has 1 nitrogen and oxygen atoms in total. The van der Waals surface area contributed by atoms with Crippen molar-refractivity contribution in [2.75, 3.05) is 0 Å². The van der Waals surface area contributed by atoms with Gasteiger partial charge >= 0.3 is 0 Å². The molecule has 0 unspecified atom stereocenters. The lowest BCUT2D eigenvalue weighted by molar-refractivity contribution is 0.308. The number of rotatable bonds is 3. The van der Waals surface area contributed by atoms with E-state index in [9.17, 15) is 0 Å². The predicted molar refractivity (Wildman–Crippen MR) is 82.3 cm³/mol. The molecule has 1 heterocycles. The first-order valence-electron chi connectivity index (χ1n) is 6.08. The summed E-state index contributed by atoms with van der Waals surface area (Å²) < 4.78 is 7.13. The number of hydrogen-bond acceptors (Lipinski definition) is 2. The zero-order chi connectivity index (χ0) is 13.2. The van der Waals surface area contributed by atoms with E-state index < -0.39 is 0 Å².